The second-order valence-corrected chi connectivity index (χ2v) is 5.87. The minimum atomic E-state index is -1.19. The molecule has 0 amide bonds. The first kappa shape index (κ1) is 14.8. The van der Waals surface area contributed by atoms with Crippen molar-refractivity contribution in [2.24, 2.45) is 0 Å². The Morgan fingerprint density at radius 2 is 0.950 bits per heavy atom. The van der Waals surface area contributed by atoms with Gasteiger partial charge in [-0.3, -0.25) is 0 Å². The van der Waals surface area contributed by atoms with Crippen LogP contribution in [0.25, 0.3) is 0 Å². The van der Waals surface area contributed by atoms with E-state index in [1.54, 1.807) is 13.8 Å². The molecule has 0 bridgehead atoms. The summed E-state index contributed by atoms with van der Waals surface area (Å²) in [7, 11) is 0. The van der Waals surface area contributed by atoms with E-state index in [4.69, 9.17) is 0 Å². The third kappa shape index (κ3) is 3.47. The van der Waals surface area contributed by atoms with Gasteiger partial charge in [-0.15, -0.1) is 0 Å². The van der Waals surface area contributed by atoms with E-state index in [0.29, 0.717) is 12.8 Å². The van der Waals surface area contributed by atoms with Crippen LogP contribution in [0.1, 0.15) is 25.0 Å². The van der Waals surface area contributed by atoms with Crippen molar-refractivity contribution in [1.82, 2.24) is 0 Å². The van der Waals surface area contributed by atoms with Gasteiger partial charge in [0.25, 0.3) is 0 Å². The van der Waals surface area contributed by atoms with Crippen LogP contribution in [0.4, 0.5) is 0 Å². The van der Waals surface area contributed by atoms with Crippen molar-refractivity contribution >= 4 is 0 Å². The van der Waals surface area contributed by atoms with E-state index >= 15 is 0 Å². The van der Waals surface area contributed by atoms with E-state index in [9.17, 15) is 10.2 Å². The van der Waals surface area contributed by atoms with Crippen molar-refractivity contribution in [3.05, 3.63) is 71.8 Å². The third-order valence-corrected chi connectivity index (χ3v) is 3.94. The number of benzene rings is 2. The van der Waals surface area contributed by atoms with E-state index in [-0.39, 0.29) is 0 Å². The second kappa shape index (κ2) is 5.78. The normalized spacial score (nSPS) is 17.2. The van der Waals surface area contributed by atoms with Crippen LogP contribution in [0.3, 0.4) is 0 Å². The molecule has 2 rings (SSSR count). The molecule has 0 aliphatic carbocycles. The molecule has 0 radical (unpaired) electrons. The monoisotopic (exact) mass is 270 g/mol. The lowest BCUT2D eigenvalue weighted by atomic mass is 9.77. The molecule has 2 nitrogen and oxygen atoms in total. The fourth-order valence-electron chi connectivity index (χ4n) is 2.37. The van der Waals surface area contributed by atoms with Gasteiger partial charge in [0.05, 0.1) is 11.2 Å². The molecule has 2 unspecified atom stereocenters. The first-order chi connectivity index (χ1) is 9.41. The van der Waals surface area contributed by atoms with Crippen LogP contribution in [0.2, 0.25) is 0 Å². The third-order valence-electron chi connectivity index (χ3n) is 3.94. The quantitative estimate of drug-likeness (QED) is 0.877. The first-order valence-corrected chi connectivity index (χ1v) is 6.93. The molecule has 2 aromatic carbocycles. The summed E-state index contributed by atoms with van der Waals surface area (Å²) in [6.07, 6.45) is 0.849. The molecule has 0 aromatic heterocycles. The van der Waals surface area contributed by atoms with Crippen LogP contribution in [0, 0.1) is 0 Å². The zero-order chi connectivity index (χ0) is 14.6. The van der Waals surface area contributed by atoms with Gasteiger partial charge in [-0.25, -0.2) is 0 Å². The van der Waals surface area contributed by atoms with Crippen molar-refractivity contribution < 1.29 is 10.2 Å². The summed E-state index contributed by atoms with van der Waals surface area (Å²) in [6.45, 7) is 3.39. The maximum absolute atomic E-state index is 10.7. The molecule has 2 aromatic rings. The maximum Gasteiger partial charge on any atom is 0.0946 e. The van der Waals surface area contributed by atoms with Crippen molar-refractivity contribution in [1.29, 1.82) is 0 Å². The predicted octanol–water partition coefficient (Wildman–Crippen LogP) is 2.97. The average Bonchev–Trinajstić information content (AvgIpc) is 2.40. The molecule has 20 heavy (non-hydrogen) atoms. The minimum Gasteiger partial charge on any atom is -0.387 e. The smallest absolute Gasteiger partial charge is 0.0946 e. The largest absolute Gasteiger partial charge is 0.387 e. The lowest BCUT2D eigenvalue weighted by Gasteiger charge is -2.39. The van der Waals surface area contributed by atoms with Gasteiger partial charge in [0.1, 0.15) is 0 Å². The molecule has 0 heterocycles. The lowest BCUT2D eigenvalue weighted by Crippen LogP contribution is -2.53. The Kier molecular flexibility index (Phi) is 4.26. The summed E-state index contributed by atoms with van der Waals surface area (Å²) in [5.41, 5.74) is -0.342. The summed E-state index contributed by atoms with van der Waals surface area (Å²) in [5, 5.41) is 21.4. The number of aliphatic hydroxyl groups is 2. The standard InChI is InChI=1S/C18H22O2/c1-17(19,13-15-9-5-3-6-10-15)18(2,20)14-16-11-7-4-8-12-16/h3-12,19-20H,13-14H2,1-2H3. The van der Waals surface area contributed by atoms with Crippen molar-refractivity contribution in [2.75, 3.05) is 0 Å². The Balaban J connectivity index is 2.14. The van der Waals surface area contributed by atoms with Crippen LogP contribution < -0.4 is 0 Å². The van der Waals surface area contributed by atoms with E-state index in [1.165, 1.54) is 0 Å². The van der Waals surface area contributed by atoms with Crippen LogP contribution in [0.15, 0.2) is 60.7 Å². The van der Waals surface area contributed by atoms with E-state index in [2.05, 4.69) is 0 Å². The highest BCUT2D eigenvalue weighted by Crippen LogP contribution is 2.29. The highest BCUT2D eigenvalue weighted by atomic mass is 16.4. The van der Waals surface area contributed by atoms with Gasteiger partial charge in [-0.1, -0.05) is 60.7 Å². The van der Waals surface area contributed by atoms with Gasteiger partial charge in [0, 0.05) is 12.8 Å². The predicted molar refractivity (Wildman–Crippen MR) is 81.5 cm³/mol. The highest BCUT2D eigenvalue weighted by Gasteiger charge is 2.41. The van der Waals surface area contributed by atoms with Crippen LogP contribution >= 0.6 is 0 Å². The maximum atomic E-state index is 10.7. The van der Waals surface area contributed by atoms with E-state index in [1.807, 2.05) is 60.7 Å². The molecule has 106 valence electrons. The zero-order valence-electron chi connectivity index (χ0n) is 12.1. The number of hydrogen-bond donors (Lipinski definition) is 2. The molecular formula is C18H22O2. The fourth-order valence-corrected chi connectivity index (χ4v) is 2.37. The van der Waals surface area contributed by atoms with Gasteiger partial charge >= 0.3 is 0 Å². The molecule has 0 aliphatic rings. The van der Waals surface area contributed by atoms with Gasteiger partial charge in [-0.2, -0.15) is 0 Å². The summed E-state index contributed by atoms with van der Waals surface area (Å²) >= 11 is 0. The minimum absolute atomic E-state index is 0.424. The van der Waals surface area contributed by atoms with Crippen LogP contribution in [-0.2, 0) is 12.8 Å². The molecule has 0 saturated heterocycles. The van der Waals surface area contributed by atoms with Crippen LogP contribution in [-0.4, -0.2) is 21.4 Å². The topological polar surface area (TPSA) is 40.5 Å². The van der Waals surface area contributed by atoms with Crippen molar-refractivity contribution in [2.45, 2.75) is 37.9 Å². The highest BCUT2D eigenvalue weighted by molar-refractivity contribution is 5.22. The number of hydrogen-bond acceptors (Lipinski definition) is 2. The van der Waals surface area contributed by atoms with Gasteiger partial charge in [-0.05, 0) is 25.0 Å². The summed E-state index contributed by atoms with van der Waals surface area (Å²) in [5.74, 6) is 0. The van der Waals surface area contributed by atoms with Crippen molar-refractivity contribution in [3.63, 3.8) is 0 Å². The Morgan fingerprint density at radius 3 is 1.25 bits per heavy atom. The molecule has 2 N–H and O–H groups in total. The zero-order valence-corrected chi connectivity index (χ0v) is 12.1. The molecule has 0 spiro atoms. The molecule has 2 heteroatoms. The van der Waals surface area contributed by atoms with Crippen molar-refractivity contribution in [3.8, 4) is 0 Å². The molecular weight excluding hydrogens is 248 g/mol. The SMILES string of the molecule is CC(O)(Cc1ccccc1)C(C)(O)Cc1ccccc1. The number of rotatable bonds is 5. The first-order valence-electron chi connectivity index (χ1n) is 6.93. The van der Waals surface area contributed by atoms with Gasteiger partial charge in [0.2, 0.25) is 0 Å². The lowest BCUT2D eigenvalue weighted by molar-refractivity contribution is -0.129. The molecule has 2 atom stereocenters. The van der Waals surface area contributed by atoms with Gasteiger partial charge in [0.15, 0.2) is 0 Å². The Hall–Kier alpha value is -1.64. The molecule has 0 fully saturated rings. The average molecular weight is 270 g/mol. The molecule has 0 saturated carbocycles. The van der Waals surface area contributed by atoms with Crippen LogP contribution in [0.5, 0.6) is 0 Å². The summed E-state index contributed by atoms with van der Waals surface area (Å²) in [6, 6.07) is 19.5. The van der Waals surface area contributed by atoms with E-state index in [0.717, 1.165) is 11.1 Å². The summed E-state index contributed by atoms with van der Waals surface area (Å²) < 4.78 is 0. The summed E-state index contributed by atoms with van der Waals surface area (Å²) in [4.78, 5) is 0. The van der Waals surface area contributed by atoms with E-state index < -0.39 is 11.2 Å². The Labute approximate surface area is 120 Å². The fraction of sp³-hybridized carbons (Fsp3) is 0.333. The molecule has 0 aliphatic heterocycles. The second-order valence-electron chi connectivity index (χ2n) is 5.87. The Bertz CT molecular complexity index is 478. The van der Waals surface area contributed by atoms with Gasteiger partial charge < -0.3 is 10.2 Å². The Morgan fingerprint density at radius 1 is 0.650 bits per heavy atom.